The number of carbonyl (C=O) groups excluding carboxylic acids is 2. The van der Waals surface area contributed by atoms with E-state index in [0.717, 1.165) is 5.56 Å². The summed E-state index contributed by atoms with van der Waals surface area (Å²) in [6.45, 7) is 31.8. The first-order chi connectivity index (χ1) is 27.5. The number of methoxy groups -OCH3 is 1. The van der Waals surface area contributed by atoms with Crippen LogP contribution in [0.4, 0.5) is 0 Å². The van der Waals surface area contributed by atoms with Crippen LogP contribution in [0.2, 0.25) is 36.3 Å². The molecule has 1 aromatic heterocycles. The van der Waals surface area contributed by atoms with Gasteiger partial charge in [-0.25, -0.2) is 4.79 Å². The number of amides is 1. The molecule has 1 amide bonds. The van der Waals surface area contributed by atoms with Crippen LogP contribution < -0.4 is 32.4 Å². The Balaban J connectivity index is 2.13. The molecular formula is C44H77N5O9Si2. The highest BCUT2D eigenvalue weighted by molar-refractivity contribution is 6.74. The molecule has 16 heteroatoms. The van der Waals surface area contributed by atoms with Gasteiger partial charge in [0.15, 0.2) is 22.9 Å². The molecule has 1 aliphatic rings. The minimum absolute atomic E-state index is 0.0328. The van der Waals surface area contributed by atoms with Crippen molar-refractivity contribution < 1.29 is 32.7 Å². The van der Waals surface area contributed by atoms with E-state index in [-0.39, 0.29) is 28.9 Å². The number of benzene rings is 1. The van der Waals surface area contributed by atoms with E-state index in [9.17, 15) is 19.2 Å². The summed E-state index contributed by atoms with van der Waals surface area (Å²) < 4.78 is 35.4. The number of nitrogens with zero attached hydrogens (tertiary/aromatic N) is 2. The molecule has 0 spiro atoms. The molecule has 6 atom stereocenters. The van der Waals surface area contributed by atoms with Gasteiger partial charge < -0.3 is 39.4 Å². The molecule has 1 aliphatic heterocycles. The third-order valence-electron chi connectivity index (χ3n) is 11.9. The first-order valence-corrected chi connectivity index (χ1v) is 27.2. The molecule has 4 N–H and O–H groups in total. The van der Waals surface area contributed by atoms with Crippen LogP contribution in [0, 0.1) is 5.92 Å². The summed E-state index contributed by atoms with van der Waals surface area (Å²) in [6, 6.07) is 7.14. The van der Waals surface area contributed by atoms with E-state index in [1.54, 1.807) is 19.2 Å². The summed E-state index contributed by atoms with van der Waals surface area (Å²) in [5.74, 6) is 0.283. The fraction of sp³-hybridized carbons (Fsp3) is 0.727. The molecule has 14 nitrogen and oxygen atoms in total. The summed E-state index contributed by atoms with van der Waals surface area (Å²) in [4.78, 5) is 54.5. The third-order valence-corrected chi connectivity index (χ3v) is 20.8. The van der Waals surface area contributed by atoms with Crippen molar-refractivity contribution in [2.75, 3.05) is 20.2 Å². The molecule has 2 heterocycles. The van der Waals surface area contributed by atoms with Gasteiger partial charge in [-0.15, -0.1) is 0 Å². The van der Waals surface area contributed by atoms with Crippen LogP contribution in [0.25, 0.3) is 0 Å². The molecule has 60 heavy (non-hydrogen) atoms. The summed E-state index contributed by atoms with van der Waals surface area (Å²) in [6.07, 6.45) is -0.509. The fourth-order valence-electron chi connectivity index (χ4n) is 6.40. The zero-order valence-corrected chi connectivity index (χ0v) is 41.4. The maximum atomic E-state index is 14.5. The lowest BCUT2D eigenvalue weighted by molar-refractivity contribution is -0.159. The largest absolute Gasteiger partial charge is 0.497 e. The van der Waals surface area contributed by atoms with E-state index in [1.807, 2.05) is 46.8 Å². The van der Waals surface area contributed by atoms with Crippen molar-refractivity contribution >= 4 is 28.5 Å². The number of nitrogens with one attached hydrogen (secondary N) is 2. The minimum Gasteiger partial charge on any atom is -0.497 e. The van der Waals surface area contributed by atoms with E-state index in [4.69, 9.17) is 28.8 Å². The van der Waals surface area contributed by atoms with Gasteiger partial charge >= 0.3 is 11.7 Å². The van der Waals surface area contributed by atoms with Gasteiger partial charge in [0.2, 0.25) is 5.91 Å². The number of esters is 1. The van der Waals surface area contributed by atoms with Crippen LogP contribution in [0.1, 0.15) is 107 Å². The molecule has 1 saturated heterocycles. The van der Waals surface area contributed by atoms with Gasteiger partial charge in [0.25, 0.3) is 5.56 Å². The van der Waals surface area contributed by atoms with Gasteiger partial charge in [-0.1, -0.05) is 67.5 Å². The first kappa shape index (κ1) is 51.2. The Morgan fingerprint density at radius 2 is 1.43 bits per heavy atom. The first-order valence-electron chi connectivity index (χ1n) is 21.4. The minimum atomic E-state index is -2.59. The average Bonchev–Trinajstić information content (AvgIpc) is 3.41. The number of aromatic nitrogens is 2. The van der Waals surface area contributed by atoms with Crippen molar-refractivity contribution in [1.29, 1.82) is 0 Å². The van der Waals surface area contributed by atoms with Crippen molar-refractivity contribution in [3.63, 3.8) is 0 Å². The highest BCUT2D eigenvalue weighted by Gasteiger charge is 2.55. The molecule has 1 fully saturated rings. The number of rotatable bonds is 19. The lowest BCUT2D eigenvalue weighted by Crippen LogP contribution is -2.55. The van der Waals surface area contributed by atoms with Crippen molar-refractivity contribution in [2.45, 2.75) is 180 Å². The average molecular weight is 876 g/mol. The Morgan fingerprint density at radius 1 is 0.867 bits per heavy atom. The molecule has 2 aromatic rings. The van der Waals surface area contributed by atoms with Gasteiger partial charge in [0.1, 0.15) is 29.6 Å². The van der Waals surface area contributed by atoms with Crippen molar-refractivity contribution in [3.05, 3.63) is 62.9 Å². The van der Waals surface area contributed by atoms with Crippen LogP contribution in [0.5, 0.6) is 5.75 Å². The van der Waals surface area contributed by atoms with E-state index < -0.39 is 76.1 Å². The molecule has 340 valence electrons. The SMILES string of the molecule is COc1ccc(Cn2c(=O)ccn([C@@H]3O[C@H](C[C@@H](NCCCNC(=O)[C@@H](N)CC(C)C)C(=O)OC(C)(C)C)[C@@H](O[Si](C)(C)C(C)(C)C)[C@H]3O[Si](C)(C)C(C)(C)C)c2=O)cc1. The molecule has 3 rings (SSSR count). The Labute approximate surface area is 360 Å². The second-order valence-electron chi connectivity index (χ2n) is 20.7. The summed E-state index contributed by atoms with van der Waals surface area (Å²) in [7, 11) is -3.58. The lowest BCUT2D eigenvalue weighted by Gasteiger charge is -2.44. The highest BCUT2D eigenvalue weighted by Crippen LogP contribution is 2.46. The number of hydrogen-bond donors (Lipinski definition) is 3. The predicted octanol–water partition coefficient (Wildman–Crippen LogP) is 6.31. The van der Waals surface area contributed by atoms with Crippen molar-refractivity contribution in [3.8, 4) is 5.75 Å². The number of nitrogens with two attached hydrogens (primary N) is 1. The maximum absolute atomic E-state index is 14.5. The van der Waals surface area contributed by atoms with E-state index in [1.165, 1.54) is 21.4 Å². The maximum Gasteiger partial charge on any atom is 0.333 e. The zero-order chi connectivity index (χ0) is 45.6. The van der Waals surface area contributed by atoms with Gasteiger partial charge in [0.05, 0.1) is 25.8 Å². The van der Waals surface area contributed by atoms with Crippen LogP contribution in [-0.4, -0.2) is 93.8 Å². The Bertz CT molecular complexity index is 1840. The van der Waals surface area contributed by atoms with E-state index in [2.05, 4.69) is 78.4 Å². The van der Waals surface area contributed by atoms with Gasteiger partial charge in [-0.05, 0) is 100 Å². The van der Waals surface area contributed by atoms with E-state index >= 15 is 0 Å². The fourth-order valence-corrected chi connectivity index (χ4v) is 9.00. The molecular weight excluding hydrogens is 799 g/mol. The number of ether oxygens (including phenoxy) is 3. The number of carbonyl (C=O) groups is 2. The van der Waals surface area contributed by atoms with Crippen LogP contribution in [-0.2, 0) is 34.5 Å². The molecule has 0 radical (unpaired) electrons. The van der Waals surface area contributed by atoms with Gasteiger partial charge in [0, 0.05) is 25.2 Å². The highest BCUT2D eigenvalue weighted by atomic mass is 28.4. The summed E-state index contributed by atoms with van der Waals surface area (Å²) >= 11 is 0. The van der Waals surface area contributed by atoms with Gasteiger partial charge in [-0.3, -0.25) is 23.5 Å². The second kappa shape index (κ2) is 20.4. The van der Waals surface area contributed by atoms with Gasteiger partial charge in [-0.2, -0.15) is 0 Å². The topological polar surface area (TPSA) is 174 Å². The molecule has 0 bridgehead atoms. The quantitative estimate of drug-likeness (QED) is 0.0820. The van der Waals surface area contributed by atoms with Crippen LogP contribution >= 0.6 is 0 Å². The smallest absolute Gasteiger partial charge is 0.333 e. The zero-order valence-electron chi connectivity index (χ0n) is 39.4. The molecule has 0 saturated carbocycles. The molecule has 0 unspecified atom stereocenters. The van der Waals surface area contributed by atoms with E-state index in [0.29, 0.717) is 37.6 Å². The normalized spacial score (nSPS) is 20.2. The second-order valence-corrected chi connectivity index (χ2v) is 30.2. The predicted molar refractivity (Wildman–Crippen MR) is 242 cm³/mol. The van der Waals surface area contributed by atoms with Crippen LogP contribution in [0.15, 0.2) is 46.1 Å². The Kier molecular flexibility index (Phi) is 17.4. The lowest BCUT2D eigenvalue weighted by atomic mass is 10.0. The third kappa shape index (κ3) is 13.9. The molecule has 1 aromatic carbocycles. The summed E-state index contributed by atoms with van der Waals surface area (Å²) in [5, 5.41) is 5.88. The summed E-state index contributed by atoms with van der Waals surface area (Å²) in [5.41, 5.74) is 5.05. The Morgan fingerprint density at radius 3 is 1.95 bits per heavy atom. The Hall–Kier alpha value is -3.13. The standard InChI is InChI=1S/C44H77N5O9Si2/c1-29(2)26-32(45)38(51)47-24-17-23-46-33(40(52)56-42(3,4)5)27-34-36(57-59(13,14)43(6,7)8)37(58-60(15,16)44(9,10)11)39(55-34)48-25-22-35(50)49(41(48)53)28-30-18-20-31(54-12)21-19-30/h18-22,25,29,32-34,36-37,39,46H,17,23-24,26-28,45H2,1-16H3,(H,47,51)/t32-,33+,34+,36+,37+,39+/m0/s1. The monoisotopic (exact) mass is 876 g/mol. The van der Waals surface area contributed by atoms with Crippen LogP contribution in [0.3, 0.4) is 0 Å². The molecule has 0 aliphatic carbocycles. The van der Waals surface area contributed by atoms with Crippen molar-refractivity contribution in [1.82, 2.24) is 19.8 Å². The van der Waals surface area contributed by atoms with Crippen molar-refractivity contribution in [2.24, 2.45) is 11.7 Å². The number of hydrogen-bond acceptors (Lipinski definition) is 11.